The Balaban J connectivity index is 2.62. The van der Waals surface area contributed by atoms with E-state index in [9.17, 15) is 4.79 Å². The number of rotatable bonds is 3. The fourth-order valence-corrected chi connectivity index (χ4v) is 1.28. The van der Waals surface area contributed by atoms with Crippen LogP contribution in [0.3, 0.4) is 0 Å². The van der Waals surface area contributed by atoms with Crippen molar-refractivity contribution in [1.29, 1.82) is 0 Å². The van der Waals surface area contributed by atoms with E-state index in [1.807, 2.05) is 19.9 Å². The molecule has 0 radical (unpaired) electrons. The van der Waals surface area contributed by atoms with Crippen molar-refractivity contribution in [3.05, 3.63) is 23.0 Å². The highest BCUT2D eigenvalue weighted by atomic mass is 16.4. The molecule has 3 nitrogen and oxygen atoms in total. The first-order valence-corrected chi connectivity index (χ1v) is 3.96. The van der Waals surface area contributed by atoms with Gasteiger partial charge in [0.25, 0.3) is 0 Å². The Morgan fingerprint density at radius 3 is 2.67 bits per heavy atom. The van der Waals surface area contributed by atoms with E-state index in [0.29, 0.717) is 6.42 Å². The fourth-order valence-electron chi connectivity index (χ4n) is 1.28. The Bertz CT molecular complexity index is 289. The first kappa shape index (κ1) is 8.84. The van der Waals surface area contributed by atoms with Crippen molar-refractivity contribution >= 4 is 5.97 Å². The normalized spacial score (nSPS) is 10.2. The minimum absolute atomic E-state index is 0.206. The molecule has 0 fully saturated rings. The smallest absolute Gasteiger partial charge is 0.303 e. The van der Waals surface area contributed by atoms with Gasteiger partial charge in [-0.1, -0.05) is 0 Å². The standard InChI is InChI=1S/C9H13NO2/c1-6-5-8(7(2)10-6)3-4-9(11)12/h5,10H,3-4H2,1-2H3,(H,11,12). The first-order chi connectivity index (χ1) is 5.59. The summed E-state index contributed by atoms with van der Waals surface area (Å²) in [4.78, 5) is 13.4. The third-order valence-corrected chi connectivity index (χ3v) is 1.87. The summed E-state index contributed by atoms with van der Waals surface area (Å²) in [7, 11) is 0. The van der Waals surface area contributed by atoms with Gasteiger partial charge in [-0.25, -0.2) is 0 Å². The monoisotopic (exact) mass is 167 g/mol. The largest absolute Gasteiger partial charge is 0.481 e. The number of hydrogen-bond acceptors (Lipinski definition) is 1. The molecule has 0 saturated heterocycles. The average Bonchev–Trinajstić information content (AvgIpc) is 2.26. The summed E-state index contributed by atoms with van der Waals surface area (Å²) in [5.74, 6) is -0.742. The molecule has 0 aliphatic heterocycles. The number of aryl methyl sites for hydroxylation is 3. The van der Waals surface area contributed by atoms with Crippen molar-refractivity contribution < 1.29 is 9.90 Å². The summed E-state index contributed by atoms with van der Waals surface area (Å²) in [6.45, 7) is 3.93. The van der Waals surface area contributed by atoms with Gasteiger partial charge in [0.05, 0.1) is 0 Å². The molecule has 0 atom stereocenters. The van der Waals surface area contributed by atoms with Gasteiger partial charge >= 0.3 is 5.97 Å². The number of carboxylic acid groups (broad SMARTS) is 1. The zero-order chi connectivity index (χ0) is 9.14. The van der Waals surface area contributed by atoms with Crippen molar-refractivity contribution in [3.63, 3.8) is 0 Å². The minimum atomic E-state index is -0.742. The Morgan fingerprint density at radius 1 is 1.58 bits per heavy atom. The lowest BCUT2D eigenvalue weighted by Crippen LogP contribution is -1.97. The summed E-state index contributed by atoms with van der Waals surface area (Å²) in [5, 5.41) is 8.46. The fraction of sp³-hybridized carbons (Fsp3) is 0.444. The van der Waals surface area contributed by atoms with Crippen LogP contribution in [0.1, 0.15) is 23.4 Å². The SMILES string of the molecule is Cc1cc(CCC(=O)O)c(C)[nH]1. The molecule has 0 saturated carbocycles. The van der Waals surface area contributed by atoms with Gasteiger partial charge in [-0.15, -0.1) is 0 Å². The van der Waals surface area contributed by atoms with Gasteiger partial charge in [-0.05, 0) is 31.9 Å². The van der Waals surface area contributed by atoms with Gasteiger partial charge < -0.3 is 10.1 Å². The number of H-pyrrole nitrogens is 1. The molecule has 3 heteroatoms. The number of aromatic amines is 1. The van der Waals surface area contributed by atoms with E-state index in [2.05, 4.69) is 4.98 Å². The number of aromatic nitrogens is 1. The molecule has 0 aromatic carbocycles. The number of hydrogen-bond donors (Lipinski definition) is 2. The van der Waals surface area contributed by atoms with Crippen LogP contribution < -0.4 is 0 Å². The third-order valence-electron chi connectivity index (χ3n) is 1.87. The molecule has 2 N–H and O–H groups in total. The second-order valence-corrected chi connectivity index (χ2v) is 3.00. The van der Waals surface area contributed by atoms with Crippen LogP contribution >= 0.6 is 0 Å². The van der Waals surface area contributed by atoms with Crippen LogP contribution in [-0.4, -0.2) is 16.1 Å². The lowest BCUT2D eigenvalue weighted by Gasteiger charge is -1.94. The molecular formula is C9H13NO2. The molecule has 1 heterocycles. The van der Waals surface area contributed by atoms with Crippen LogP contribution in [0.2, 0.25) is 0 Å². The van der Waals surface area contributed by atoms with E-state index in [4.69, 9.17) is 5.11 Å². The van der Waals surface area contributed by atoms with E-state index < -0.39 is 5.97 Å². The van der Waals surface area contributed by atoms with Crippen molar-refractivity contribution in [2.24, 2.45) is 0 Å². The van der Waals surface area contributed by atoms with Gasteiger partial charge in [0.15, 0.2) is 0 Å². The lowest BCUT2D eigenvalue weighted by atomic mass is 10.1. The van der Waals surface area contributed by atoms with E-state index in [1.54, 1.807) is 0 Å². The van der Waals surface area contributed by atoms with Crippen LogP contribution in [0, 0.1) is 13.8 Å². The molecule has 66 valence electrons. The Hall–Kier alpha value is -1.25. The van der Waals surface area contributed by atoms with Crippen LogP contribution in [0.4, 0.5) is 0 Å². The minimum Gasteiger partial charge on any atom is -0.481 e. The summed E-state index contributed by atoms with van der Waals surface area (Å²) < 4.78 is 0. The molecule has 0 spiro atoms. The van der Waals surface area contributed by atoms with Crippen molar-refractivity contribution in [1.82, 2.24) is 4.98 Å². The van der Waals surface area contributed by atoms with Gasteiger partial charge in [0, 0.05) is 17.8 Å². The number of nitrogens with one attached hydrogen (secondary N) is 1. The highest BCUT2D eigenvalue weighted by Crippen LogP contribution is 2.11. The van der Waals surface area contributed by atoms with Gasteiger partial charge in [0.2, 0.25) is 0 Å². The Kier molecular flexibility index (Phi) is 2.53. The van der Waals surface area contributed by atoms with E-state index in [1.165, 1.54) is 0 Å². The predicted octanol–water partition coefficient (Wildman–Crippen LogP) is 1.65. The van der Waals surface area contributed by atoms with Crippen LogP contribution in [0.25, 0.3) is 0 Å². The Labute approximate surface area is 71.4 Å². The van der Waals surface area contributed by atoms with Crippen LogP contribution in [0.5, 0.6) is 0 Å². The maximum atomic E-state index is 10.3. The quantitative estimate of drug-likeness (QED) is 0.719. The highest BCUT2D eigenvalue weighted by molar-refractivity contribution is 5.67. The molecule has 12 heavy (non-hydrogen) atoms. The van der Waals surface area contributed by atoms with Crippen molar-refractivity contribution in [2.45, 2.75) is 26.7 Å². The van der Waals surface area contributed by atoms with Crippen molar-refractivity contribution in [3.8, 4) is 0 Å². The molecule has 0 bridgehead atoms. The van der Waals surface area contributed by atoms with E-state index in [0.717, 1.165) is 17.0 Å². The molecule has 0 aliphatic rings. The molecule has 0 amide bonds. The van der Waals surface area contributed by atoms with E-state index >= 15 is 0 Å². The Morgan fingerprint density at radius 2 is 2.25 bits per heavy atom. The highest BCUT2D eigenvalue weighted by Gasteiger charge is 2.03. The summed E-state index contributed by atoms with van der Waals surface area (Å²) >= 11 is 0. The molecule has 0 aliphatic carbocycles. The van der Waals surface area contributed by atoms with Gasteiger partial charge in [0.1, 0.15) is 0 Å². The number of aliphatic carboxylic acids is 1. The van der Waals surface area contributed by atoms with Crippen molar-refractivity contribution in [2.75, 3.05) is 0 Å². The summed E-state index contributed by atoms with van der Waals surface area (Å²) in [5.41, 5.74) is 3.27. The molecule has 1 rings (SSSR count). The zero-order valence-electron chi connectivity index (χ0n) is 7.35. The topological polar surface area (TPSA) is 53.1 Å². The molecule has 1 aromatic rings. The maximum Gasteiger partial charge on any atom is 0.303 e. The number of carbonyl (C=O) groups is 1. The van der Waals surface area contributed by atoms with Crippen LogP contribution in [0.15, 0.2) is 6.07 Å². The summed E-state index contributed by atoms with van der Waals surface area (Å²) in [6, 6.07) is 2.00. The second kappa shape index (κ2) is 3.43. The van der Waals surface area contributed by atoms with Crippen LogP contribution in [-0.2, 0) is 11.2 Å². The third kappa shape index (κ3) is 2.12. The summed E-state index contributed by atoms with van der Waals surface area (Å²) in [6.07, 6.45) is 0.823. The molecule has 0 unspecified atom stereocenters. The number of carboxylic acids is 1. The zero-order valence-corrected chi connectivity index (χ0v) is 7.35. The van der Waals surface area contributed by atoms with Gasteiger partial charge in [-0.2, -0.15) is 0 Å². The van der Waals surface area contributed by atoms with E-state index in [-0.39, 0.29) is 6.42 Å². The average molecular weight is 167 g/mol. The predicted molar refractivity (Wildman–Crippen MR) is 46.2 cm³/mol. The molecular weight excluding hydrogens is 154 g/mol. The first-order valence-electron chi connectivity index (χ1n) is 3.96. The maximum absolute atomic E-state index is 10.3. The second-order valence-electron chi connectivity index (χ2n) is 3.00. The molecule has 1 aromatic heterocycles. The lowest BCUT2D eigenvalue weighted by molar-refractivity contribution is -0.136. The van der Waals surface area contributed by atoms with Gasteiger partial charge in [-0.3, -0.25) is 4.79 Å².